The van der Waals surface area contributed by atoms with E-state index >= 15 is 0 Å². The Kier molecular flexibility index (Phi) is 7.03. The maximum Gasteiger partial charge on any atom is 0.337 e. The van der Waals surface area contributed by atoms with Crippen LogP contribution in [0.15, 0.2) is 48.5 Å². The Morgan fingerprint density at radius 2 is 1.46 bits per heavy atom. The lowest BCUT2D eigenvalue weighted by molar-refractivity contribution is -0.117. The lowest BCUT2D eigenvalue weighted by Crippen LogP contribution is -2.32. The summed E-state index contributed by atoms with van der Waals surface area (Å²) in [4.78, 5) is 48.4. The number of nitrogens with zero attached hydrogens (tertiary/aromatic N) is 1. The van der Waals surface area contributed by atoms with E-state index in [1.807, 2.05) is 0 Å². The van der Waals surface area contributed by atoms with Crippen molar-refractivity contribution in [3.63, 3.8) is 0 Å². The van der Waals surface area contributed by atoms with Gasteiger partial charge >= 0.3 is 5.97 Å². The number of Topliss-reactive ketones (excluding diaryl/α,β-unsaturated/α-hetero) is 1. The van der Waals surface area contributed by atoms with Gasteiger partial charge in [0.15, 0.2) is 5.78 Å². The van der Waals surface area contributed by atoms with Crippen molar-refractivity contribution >= 4 is 34.9 Å². The second-order valence-electron chi connectivity index (χ2n) is 6.14. The Balaban J connectivity index is 1.97. The largest absolute Gasteiger partial charge is 0.465 e. The zero-order valence-corrected chi connectivity index (χ0v) is 16.0. The van der Waals surface area contributed by atoms with Crippen molar-refractivity contribution in [2.75, 3.05) is 23.9 Å². The highest BCUT2D eigenvalue weighted by atomic mass is 16.5. The number of carbonyl (C=O) groups excluding carboxylic acids is 4. The maximum absolute atomic E-state index is 12.2. The molecule has 2 aromatic carbocycles. The number of nitrogens with one attached hydrogen (secondary N) is 1. The minimum absolute atomic E-state index is 0.0569. The second-order valence-corrected chi connectivity index (χ2v) is 6.14. The molecular formula is C21H22N2O5. The van der Waals surface area contributed by atoms with Crippen LogP contribution in [0.25, 0.3) is 0 Å². The molecule has 0 bridgehead atoms. The predicted octanol–water partition coefficient (Wildman–Crippen LogP) is 3.06. The van der Waals surface area contributed by atoms with Gasteiger partial charge in [-0.05, 0) is 55.5 Å². The van der Waals surface area contributed by atoms with Crippen molar-refractivity contribution in [2.24, 2.45) is 0 Å². The van der Waals surface area contributed by atoms with Crippen molar-refractivity contribution in [1.82, 2.24) is 0 Å². The van der Waals surface area contributed by atoms with Crippen molar-refractivity contribution in [3.8, 4) is 0 Å². The molecule has 2 aromatic rings. The average Bonchev–Trinajstić information content (AvgIpc) is 2.68. The number of hydrogen-bond acceptors (Lipinski definition) is 5. The van der Waals surface area contributed by atoms with Gasteiger partial charge in [-0.2, -0.15) is 0 Å². The van der Waals surface area contributed by atoms with E-state index in [9.17, 15) is 19.2 Å². The molecule has 1 N–H and O–H groups in total. The first-order chi connectivity index (χ1) is 13.3. The van der Waals surface area contributed by atoms with Gasteiger partial charge in [0, 0.05) is 36.8 Å². The quantitative estimate of drug-likeness (QED) is 0.587. The SMILES string of the molecule is COC(=O)c1ccc(NC(=O)CCN(C(C)=O)c2ccc(C(C)=O)cc2)cc1. The molecule has 0 saturated heterocycles. The summed E-state index contributed by atoms with van der Waals surface area (Å²) in [6, 6.07) is 13.0. The molecule has 0 aliphatic heterocycles. The molecular weight excluding hydrogens is 360 g/mol. The number of methoxy groups -OCH3 is 1. The minimum atomic E-state index is -0.453. The first kappa shape index (κ1) is 20.8. The van der Waals surface area contributed by atoms with Crippen molar-refractivity contribution in [1.29, 1.82) is 0 Å². The molecule has 28 heavy (non-hydrogen) atoms. The monoisotopic (exact) mass is 382 g/mol. The van der Waals surface area contributed by atoms with Crippen molar-refractivity contribution in [2.45, 2.75) is 20.3 Å². The van der Waals surface area contributed by atoms with E-state index in [4.69, 9.17) is 0 Å². The van der Waals surface area contributed by atoms with Crippen LogP contribution in [0.5, 0.6) is 0 Å². The van der Waals surface area contributed by atoms with Crippen LogP contribution in [0.1, 0.15) is 41.0 Å². The number of hydrogen-bond donors (Lipinski definition) is 1. The normalized spacial score (nSPS) is 10.1. The molecule has 0 saturated carbocycles. The Morgan fingerprint density at radius 3 is 1.96 bits per heavy atom. The summed E-state index contributed by atoms with van der Waals surface area (Å²) < 4.78 is 4.62. The fourth-order valence-corrected chi connectivity index (χ4v) is 2.59. The zero-order valence-electron chi connectivity index (χ0n) is 16.0. The second kappa shape index (κ2) is 9.45. The van der Waals surface area contributed by atoms with Crippen LogP contribution in [0.4, 0.5) is 11.4 Å². The van der Waals surface area contributed by atoms with E-state index in [0.29, 0.717) is 22.5 Å². The van der Waals surface area contributed by atoms with Crippen LogP contribution >= 0.6 is 0 Å². The van der Waals surface area contributed by atoms with E-state index in [2.05, 4.69) is 10.1 Å². The van der Waals surface area contributed by atoms with Crippen LogP contribution in [-0.4, -0.2) is 37.2 Å². The molecule has 0 aromatic heterocycles. The third kappa shape index (κ3) is 5.51. The molecule has 146 valence electrons. The first-order valence-corrected chi connectivity index (χ1v) is 8.69. The zero-order chi connectivity index (χ0) is 20.7. The smallest absolute Gasteiger partial charge is 0.337 e. The maximum atomic E-state index is 12.2. The number of rotatable bonds is 7. The molecule has 0 atom stereocenters. The predicted molar refractivity (Wildman–Crippen MR) is 106 cm³/mol. The minimum Gasteiger partial charge on any atom is -0.465 e. The molecule has 0 unspecified atom stereocenters. The molecule has 2 amide bonds. The van der Waals surface area contributed by atoms with Gasteiger partial charge in [-0.15, -0.1) is 0 Å². The third-order valence-corrected chi connectivity index (χ3v) is 4.12. The molecule has 7 nitrogen and oxygen atoms in total. The molecule has 0 aliphatic carbocycles. The lowest BCUT2D eigenvalue weighted by atomic mass is 10.1. The summed E-state index contributed by atoms with van der Waals surface area (Å²) in [6.07, 6.45) is 0.0901. The topological polar surface area (TPSA) is 92.8 Å². The van der Waals surface area contributed by atoms with Crippen LogP contribution in [0.3, 0.4) is 0 Å². The van der Waals surface area contributed by atoms with Gasteiger partial charge in [-0.3, -0.25) is 14.4 Å². The molecule has 0 fully saturated rings. The number of ketones is 1. The van der Waals surface area contributed by atoms with Crippen molar-refractivity contribution in [3.05, 3.63) is 59.7 Å². The Hall–Kier alpha value is -3.48. The summed E-state index contributed by atoms with van der Waals surface area (Å²) in [5.41, 5.74) is 2.10. The van der Waals surface area contributed by atoms with E-state index < -0.39 is 5.97 Å². The highest BCUT2D eigenvalue weighted by Crippen LogP contribution is 2.17. The third-order valence-electron chi connectivity index (χ3n) is 4.12. The summed E-state index contributed by atoms with van der Waals surface area (Å²) in [5, 5.41) is 2.72. The Labute approximate surface area is 163 Å². The van der Waals surface area contributed by atoms with Crippen LogP contribution in [0, 0.1) is 0 Å². The molecule has 2 rings (SSSR count). The van der Waals surface area contributed by atoms with Crippen LogP contribution in [-0.2, 0) is 14.3 Å². The van der Waals surface area contributed by atoms with Crippen LogP contribution in [0.2, 0.25) is 0 Å². The van der Waals surface area contributed by atoms with Gasteiger partial charge in [0.2, 0.25) is 11.8 Å². The molecule has 7 heteroatoms. The Morgan fingerprint density at radius 1 is 0.893 bits per heavy atom. The van der Waals surface area contributed by atoms with E-state index in [-0.39, 0.29) is 30.6 Å². The average molecular weight is 382 g/mol. The van der Waals surface area contributed by atoms with Gasteiger partial charge < -0.3 is 15.0 Å². The number of esters is 1. The molecule has 0 radical (unpaired) electrons. The highest BCUT2D eigenvalue weighted by molar-refractivity contribution is 5.97. The van der Waals surface area contributed by atoms with E-state index in [1.54, 1.807) is 48.5 Å². The number of anilines is 2. The van der Waals surface area contributed by atoms with Crippen LogP contribution < -0.4 is 10.2 Å². The summed E-state index contributed by atoms with van der Waals surface area (Å²) in [6.45, 7) is 3.09. The fraction of sp³-hybridized carbons (Fsp3) is 0.238. The van der Waals surface area contributed by atoms with E-state index in [1.165, 1.54) is 25.9 Å². The van der Waals surface area contributed by atoms with Gasteiger partial charge in [0.25, 0.3) is 0 Å². The van der Waals surface area contributed by atoms with Gasteiger partial charge in [-0.1, -0.05) is 0 Å². The highest BCUT2D eigenvalue weighted by Gasteiger charge is 2.14. The van der Waals surface area contributed by atoms with Crippen molar-refractivity contribution < 1.29 is 23.9 Å². The Bertz CT molecular complexity index is 873. The first-order valence-electron chi connectivity index (χ1n) is 8.69. The standard InChI is InChI=1S/C21H22N2O5/c1-14(24)16-6-10-19(11-7-16)23(15(2)25)13-12-20(26)22-18-8-4-17(5-9-18)21(27)28-3/h4-11H,12-13H2,1-3H3,(H,22,26). The number of amides is 2. The van der Waals surface area contributed by atoms with Gasteiger partial charge in [0.05, 0.1) is 12.7 Å². The summed E-state index contributed by atoms with van der Waals surface area (Å²) in [7, 11) is 1.30. The summed E-state index contributed by atoms with van der Waals surface area (Å²) >= 11 is 0. The van der Waals surface area contributed by atoms with E-state index in [0.717, 1.165) is 0 Å². The molecule has 0 aliphatic rings. The number of benzene rings is 2. The number of carbonyl (C=O) groups is 4. The number of ether oxygens (including phenoxy) is 1. The molecule has 0 spiro atoms. The van der Waals surface area contributed by atoms with Gasteiger partial charge in [-0.25, -0.2) is 4.79 Å². The fourth-order valence-electron chi connectivity index (χ4n) is 2.59. The summed E-state index contributed by atoms with van der Waals surface area (Å²) in [5.74, 6) is -0.979. The van der Waals surface area contributed by atoms with Gasteiger partial charge in [0.1, 0.15) is 0 Å². The molecule has 0 heterocycles. The lowest BCUT2D eigenvalue weighted by Gasteiger charge is -2.21.